The third-order valence-corrected chi connectivity index (χ3v) is 5.84. The molecule has 0 aliphatic heterocycles. The monoisotopic (exact) mass is 370 g/mol. The average Bonchev–Trinajstić information content (AvgIpc) is 2.50. The molecule has 130 valence electrons. The molecule has 0 bridgehead atoms. The molecule has 8 nitrogen and oxygen atoms in total. The Morgan fingerprint density at radius 3 is 1.79 bits per heavy atom. The van der Waals surface area contributed by atoms with Gasteiger partial charge in [0.15, 0.2) is 0 Å². The van der Waals surface area contributed by atoms with Crippen LogP contribution in [0.3, 0.4) is 0 Å². The highest BCUT2D eigenvalue weighted by Gasteiger charge is 2.19. The number of hydrogen-bond acceptors (Lipinski definition) is 8. The minimum Gasteiger partial charge on any atom is -0.808 e. The number of ether oxygens (including phenoxy) is 2. The summed E-state index contributed by atoms with van der Waals surface area (Å²) in [4.78, 5) is 43.4. The Morgan fingerprint density at radius 1 is 0.792 bits per heavy atom. The topological polar surface area (TPSA) is 145 Å². The van der Waals surface area contributed by atoms with E-state index in [2.05, 4.69) is 4.74 Å². The predicted molar refractivity (Wildman–Crippen MR) is 76.8 cm³/mol. The summed E-state index contributed by atoms with van der Waals surface area (Å²) in [6, 6.07) is 14.4. The summed E-state index contributed by atoms with van der Waals surface area (Å²) >= 11 is 0. The smallest absolute Gasteiger partial charge is 0.150 e. The van der Waals surface area contributed by atoms with E-state index < -0.39 is 20.8 Å². The van der Waals surface area contributed by atoms with Gasteiger partial charge in [-0.05, 0) is 45.0 Å². The lowest BCUT2D eigenvalue weighted by Gasteiger charge is -2.48. The largest absolute Gasteiger partial charge is 0.808 e. The van der Waals surface area contributed by atoms with Crippen molar-refractivity contribution in [2.24, 2.45) is 0 Å². The molecule has 0 unspecified atom stereocenters. The van der Waals surface area contributed by atoms with Crippen LogP contribution < -0.4 is 29.0 Å². The van der Waals surface area contributed by atoms with Gasteiger partial charge in [0.2, 0.25) is 0 Å². The maximum Gasteiger partial charge on any atom is 0.150 e. The van der Waals surface area contributed by atoms with Crippen LogP contribution in [0.4, 0.5) is 0 Å². The number of hydrogen-bond donors (Lipinski definition) is 0. The first-order chi connectivity index (χ1) is 11.2. The van der Waals surface area contributed by atoms with Crippen molar-refractivity contribution in [3.8, 4) is 11.5 Å². The molecule has 2 aromatic carbocycles. The maximum atomic E-state index is 10.9. The average molecular weight is 370 g/mol. The molecule has 0 aliphatic rings. The molecule has 24 heavy (non-hydrogen) atoms. The summed E-state index contributed by atoms with van der Waals surface area (Å²) in [6.45, 7) is 0.288. The summed E-state index contributed by atoms with van der Waals surface area (Å²) in [7, 11) is -11.5. The first kappa shape index (κ1) is 18.7. The Balaban J connectivity index is 2.03. The van der Waals surface area contributed by atoms with Crippen molar-refractivity contribution >= 4 is 15.2 Å². The van der Waals surface area contributed by atoms with E-state index in [4.69, 9.17) is 4.74 Å². The molecule has 0 radical (unpaired) electrons. The van der Waals surface area contributed by atoms with Crippen LogP contribution >= 0.6 is 15.2 Å². The van der Waals surface area contributed by atoms with Gasteiger partial charge in [-0.2, -0.15) is 0 Å². The lowest BCUT2D eigenvalue weighted by molar-refractivity contribution is -0.336. The van der Waals surface area contributed by atoms with Crippen molar-refractivity contribution in [2.45, 2.75) is 12.2 Å². The van der Waals surface area contributed by atoms with Crippen molar-refractivity contribution in [1.82, 2.24) is 0 Å². The number of benzene rings is 2. The van der Waals surface area contributed by atoms with Gasteiger partial charge in [-0.1, -0.05) is 30.3 Å². The molecule has 0 atom stereocenters. The molecular weight excluding hydrogens is 358 g/mol. The van der Waals surface area contributed by atoms with Gasteiger partial charge in [0.25, 0.3) is 0 Å². The molecule has 0 saturated carbocycles. The second kappa shape index (κ2) is 7.49. The molecule has 0 heterocycles. The SMILES string of the molecule is O=P([O-])([O-])C(Oc1ccc(OCc2ccccc2)cc1)P(=O)([O-])[O-]. The van der Waals surface area contributed by atoms with Gasteiger partial charge in [0, 0.05) is 0 Å². The van der Waals surface area contributed by atoms with Gasteiger partial charge in [-0.15, -0.1) is 0 Å². The van der Waals surface area contributed by atoms with Gasteiger partial charge in [0.1, 0.15) is 23.7 Å². The first-order valence-corrected chi connectivity index (χ1v) is 9.85. The molecule has 0 spiro atoms. The van der Waals surface area contributed by atoms with Crippen LogP contribution in [0.25, 0.3) is 0 Å². The zero-order valence-electron chi connectivity index (χ0n) is 12.1. The standard InChI is InChI=1S/C14H16O8P2/c15-23(16,17)14(24(18,19)20)22-13-8-6-12(7-9-13)21-10-11-4-2-1-3-5-11/h1-9,14H,10H2,(H2,15,16,17)(H2,18,19,20)/p-4. The summed E-state index contributed by atoms with van der Waals surface area (Å²) in [5.74, 6) is 0.147. The summed E-state index contributed by atoms with van der Waals surface area (Å²) in [6.07, 6.45) is 0. The van der Waals surface area contributed by atoms with E-state index in [-0.39, 0.29) is 12.4 Å². The molecule has 0 aliphatic carbocycles. The molecule has 10 heteroatoms. The van der Waals surface area contributed by atoms with Crippen LogP contribution in [0.2, 0.25) is 0 Å². The highest BCUT2D eigenvalue weighted by atomic mass is 31.2. The van der Waals surface area contributed by atoms with Crippen LogP contribution in [-0.4, -0.2) is 5.59 Å². The van der Waals surface area contributed by atoms with E-state index in [1.54, 1.807) is 0 Å². The normalized spacial score (nSPS) is 12.2. The maximum absolute atomic E-state index is 10.9. The van der Waals surface area contributed by atoms with Crippen LogP contribution in [0, 0.1) is 0 Å². The fraction of sp³-hybridized carbons (Fsp3) is 0.143. The van der Waals surface area contributed by atoms with E-state index in [0.29, 0.717) is 5.75 Å². The summed E-state index contributed by atoms with van der Waals surface area (Å²) < 4.78 is 31.7. The van der Waals surface area contributed by atoms with Gasteiger partial charge in [0.05, 0.1) is 0 Å². The molecule has 0 fully saturated rings. The quantitative estimate of drug-likeness (QED) is 0.607. The summed E-state index contributed by atoms with van der Waals surface area (Å²) in [5, 5.41) is 0. The van der Waals surface area contributed by atoms with Crippen molar-refractivity contribution in [1.29, 1.82) is 0 Å². The molecule has 0 aromatic heterocycles. The fourth-order valence-electron chi connectivity index (χ4n) is 1.78. The highest BCUT2D eigenvalue weighted by molar-refractivity contribution is 7.67. The van der Waals surface area contributed by atoms with E-state index >= 15 is 0 Å². The van der Waals surface area contributed by atoms with E-state index in [1.165, 1.54) is 24.3 Å². The first-order valence-electron chi connectivity index (χ1n) is 6.63. The minimum absolute atomic E-state index is 0.258. The van der Waals surface area contributed by atoms with Crippen molar-refractivity contribution in [2.75, 3.05) is 0 Å². The van der Waals surface area contributed by atoms with E-state index in [0.717, 1.165) is 5.56 Å². The summed E-state index contributed by atoms with van der Waals surface area (Å²) in [5.41, 5.74) is -2.06. The lowest BCUT2D eigenvalue weighted by Crippen LogP contribution is -2.37. The highest BCUT2D eigenvalue weighted by Crippen LogP contribution is 2.50. The Kier molecular flexibility index (Phi) is 5.83. The Morgan fingerprint density at radius 2 is 1.29 bits per heavy atom. The zero-order valence-corrected chi connectivity index (χ0v) is 13.9. The minimum atomic E-state index is -5.77. The van der Waals surface area contributed by atoms with Gasteiger partial charge in [-0.3, -0.25) is 0 Å². The van der Waals surface area contributed by atoms with Gasteiger partial charge in [-0.25, -0.2) is 0 Å². The van der Waals surface area contributed by atoms with Crippen molar-refractivity contribution in [3.05, 3.63) is 60.2 Å². The Hall–Kier alpha value is -1.66. The third-order valence-electron chi connectivity index (χ3n) is 2.85. The van der Waals surface area contributed by atoms with Crippen LogP contribution in [0.1, 0.15) is 5.56 Å². The van der Waals surface area contributed by atoms with Crippen LogP contribution in [0.5, 0.6) is 11.5 Å². The fourth-order valence-corrected chi connectivity index (χ4v) is 3.67. The second-order valence-corrected chi connectivity index (χ2v) is 8.27. The Bertz CT molecular complexity index is 728. The van der Waals surface area contributed by atoms with Crippen LogP contribution in [0.15, 0.2) is 54.6 Å². The van der Waals surface area contributed by atoms with E-state index in [1.807, 2.05) is 30.3 Å². The van der Waals surface area contributed by atoms with Gasteiger partial charge >= 0.3 is 0 Å². The zero-order chi connectivity index (χ0) is 17.8. The third kappa shape index (κ3) is 5.46. The molecule has 0 saturated heterocycles. The Labute approximate surface area is 138 Å². The molecule has 2 aromatic rings. The second-order valence-electron chi connectivity index (χ2n) is 4.77. The molecule has 0 amide bonds. The van der Waals surface area contributed by atoms with Crippen LogP contribution in [-0.2, 0) is 15.7 Å². The van der Waals surface area contributed by atoms with Gasteiger partial charge < -0.3 is 38.2 Å². The number of rotatable bonds is 7. The van der Waals surface area contributed by atoms with E-state index in [9.17, 15) is 28.7 Å². The lowest BCUT2D eigenvalue weighted by atomic mass is 10.2. The molecule has 2 rings (SSSR count). The van der Waals surface area contributed by atoms with Crippen molar-refractivity contribution in [3.63, 3.8) is 0 Å². The molecular formula is C14H12O8P2-4. The molecule has 0 N–H and O–H groups in total. The van der Waals surface area contributed by atoms with Crippen molar-refractivity contribution < 1.29 is 38.2 Å². The predicted octanol–water partition coefficient (Wildman–Crippen LogP) is -0.245.